The summed E-state index contributed by atoms with van der Waals surface area (Å²) in [5, 5.41) is 3.11. The molecule has 34 heavy (non-hydrogen) atoms. The zero-order valence-electron chi connectivity index (χ0n) is 19.4. The molecule has 7 nitrogen and oxygen atoms in total. The van der Waals surface area contributed by atoms with Gasteiger partial charge in [0.15, 0.2) is 5.82 Å². The summed E-state index contributed by atoms with van der Waals surface area (Å²) in [6, 6.07) is 14.9. The number of nitrogens with zero attached hydrogens (tertiary/aromatic N) is 5. The Morgan fingerprint density at radius 3 is 2.59 bits per heavy atom. The summed E-state index contributed by atoms with van der Waals surface area (Å²) in [6.07, 6.45) is 8.86. The molecule has 5 heterocycles. The summed E-state index contributed by atoms with van der Waals surface area (Å²) in [6.45, 7) is 5.77. The van der Waals surface area contributed by atoms with Crippen LogP contribution in [0.3, 0.4) is 0 Å². The number of amides is 1. The van der Waals surface area contributed by atoms with E-state index in [1.54, 1.807) is 6.20 Å². The summed E-state index contributed by atoms with van der Waals surface area (Å²) >= 11 is 0. The molecule has 0 aliphatic carbocycles. The predicted molar refractivity (Wildman–Crippen MR) is 135 cm³/mol. The molecule has 174 valence electrons. The highest BCUT2D eigenvalue weighted by atomic mass is 16.2. The molecule has 2 saturated heterocycles. The summed E-state index contributed by atoms with van der Waals surface area (Å²) < 4.78 is 0. The lowest BCUT2D eigenvalue weighted by molar-refractivity contribution is -0.118. The van der Waals surface area contributed by atoms with E-state index in [0.29, 0.717) is 0 Å². The number of fused-ring (bicyclic) bond motifs is 3. The fraction of sp³-hybridized carbons (Fsp3) is 0.370. The van der Waals surface area contributed by atoms with E-state index in [0.717, 1.165) is 81.2 Å². The summed E-state index contributed by atoms with van der Waals surface area (Å²) in [4.78, 5) is 28.7. The van der Waals surface area contributed by atoms with Crippen molar-refractivity contribution >= 4 is 23.1 Å². The second kappa shape index (κ2) is 9.06. The molecule has 0 radical (unpaired) electrons. The van der Waals surface area contributed by atoms with E-state index in [2.05, 4.69) is 61.4 Å². The number of hydrogen-bond donors (Lipinski definition) is 1. The first kappa shape index (κ1) is 21.1. The van der Waals surface area contributed by atoms with Crippen LogP contribution < -0.4 is 15.1 Å². The first-order chi connectivity index (χ1) is 16.7. The highest BCUT2D eigenvalue weighted by Crippen LogP contribution is 2.35. The minimum Gasteiger partial charge on any atom is -0.369 e. The molecule has 6 rings (SSSR count). The Balaban J connectivity index is 1.08. The Morgan fingerprint density at radius 1 is 0.941 bits per heavy atom. The van der Waals surface area contributed by atoms with Gasteiger partial charge in [0.2, 0.25) is 5.91 Å². The summed E-state index contributed by atoms with van der Waals surface area (Å²) in [5.74, 6) is 1.06. The maximum atomic E-state index is 12.6. The van der Waals surface area contributed by atoms with E-state index in [4.69, 9.17) is 4.98 Å². The summed E-state index contributed by atoms with van der Waals surface area (Å²) in [5.41, 5.74) is 5.63. The number of pyridine rings is 2. The number of anilines is 3. The third kappa shape index (κ3) is 4.12. The lowest BCUT2D eigenvalue weighted by Gasteiger charge is -2.40. The molecular formula is C27H30N6O. The van der Waals surface area contributed by atoms with Crippen LogP contribution in [0.2, 0.25) is 0 Å². The number of nitrogens with one attached hydrogen (secondary N) is 1. The minimum atomic E-state index is -0.0499. The van der Waals surface area contributed by atoms with Gasteiger partial charge in [-0.1, -0.05) is 18.2 Å². The maximum Gasteiger partial charge on any atom is 0.247 e. The average molecular weight is 455 g/mol. The molecule has 0 spiro atoms. The number of carbonyl (C=O) groups excluding carboxylic acids is 1. The number of piperidine rings is 1. The molecule has 0 bridgehead atoms. The van der Waals surface area contributed by atoms with Gasteiger partial charge in [-0.2, -0.15) is 0 Å². The molecule has 1 unspecified atom stereocenters. The van der Waals surface area contributed by atoms with Crippen molar-refractivity contribution in [1.82, 2.24) is 14.9 Å². The van der Waals surface area contributed by atoms with Gasteiger partial charge in [0, 0.05) is 63.5 Å². The van der Waals surface area contributed by atoms with Crippen LogP contribution in [0, 0.1) is 0 Å². The topological polar surface area (TPSA) is 64.6 Å². The first-order valence-electron chi connectivity index (χ1n) is 12.3. The average Bonchev–Trinajstić information content (AvgIpc) is 2.90. The number of piperazine rings is 1. The van der Waals surface area contributed by atoms with E-state index in [1.165, 1.54) is 11.3 Å². The van der Waals surface area contributed by atoms with Gasteiger partial charge in [-0.15, -0.1) is 0 Å². The second-order valence-corrected chi connectivity index (χ2v) is 9.46. The molecule has 3 aliphatic rings. The Labute approximate surface area is 200 Å². The number of rotatable bonds is 4. The van der Waals surface area contributed by atoms with Crippen LogP contribution in [0.4, 0.5) is 17.2 Å². The predicted octanol–water partition coefficient (Wildman–Crippen LogP) is 3.78. The molecule has 2 aromatic heterocycles. The second-order valence-electron chi connectivity index (χ2n) is 9.46. The maximum absolute atomic E-state index is 12.6. The molecule has 3 aromatic rings. The van der Waals surface area contributed by atoms with E-state index < -0.39 is 0 Å². The van der Waals surface area contributed by atoms with Gasteiger partial charge in [0.1, 0.15) is 6.04 Å². The van der Waals surface area contributed by atoms with Crippen LogP contribution in [-0.2, 0) is 11.3 Å². The Bertz CT molecular complexity index is 1160. The Hall–Kier alpha value is -3.45. The molecule has 1 N–H and O–H groups in total. The van der Waals surface area contributed by atoms with Crippen molar-refractivity contribution in [3.05, 3.63) is 66.6 Å². The normalized spacial score (nSPS) is 20.5. The van der Waals surface area contributed by atoms with Gasteiger partial charge in [0.25, 0.3) is 0 Å². The van der Waals surface area contributed by atoms with Crippen molar-refractivity contribution in [3.8, 4) is 11.1 Å². The quantitative estimate of drug-likeness (QED) is 0.647. The lowest BCUT2D eigenvalue weighted by atomic mass is 9.99. The van der Waals surface area contributed by atoms with Crippen molar-refractivity contribution in [3.63, 3.8) is 0 Å². The van der Waals surface area contributed by atoms with E-state index in [-0.39, 0.29) is 11.9 Å². The smallest absolute Gasteiger partial charge is 0.247 e. The van der Waals surface area contributed by atoms with Crippen LogP contribution in [0.15, 0.2) is 61.1 Å². The van der Waals surface area contributed by atoms with E-state index in [9.17, 15) is 4.79 Å². The molecule has 3 aliphatic heterocycles. The number of carbonyl (C=O) groups is 1. The van der Waals surface area contributed by atoms with Gasteiger partial charge in [0.05, 0.1) is 5.69 Å². The molecule has 1 atom stereocenters. The Morgan fingerprint density at radius 2 is 1.79 bits per heavy atom. The van der Waals surface area contributed by atoms with Gasteiger partial charge in [-0.25, -0.2) is 4.98 Å². The largest absolute Gasteiger partial charge is 0.369 e. The highest BCUT2D eigenvalue weighted by molar-refractivity contribution is 6.02. The van der Waals surface area contributed by atoms with Gasteiger partial charge < -0.3 is 15.1 Å². The Kier molecular flexibility index (Phi) is 5.63. The molecule has 1 aromatic carbocycles. The fourth-order valence-electron chi connectivity index (χ4n) is 5.40. The monoisotopic (exact) mass is 454 g/mol. The highest BCUT2D eigenvalue weighted by Gasteiger charge is 2.35. The van der Waals surface area contributed by atoms with Gasteiger partial charge >= 0.3 is 0 Å². The number of aromatic nitrogens is 2. The van der Waals surface area contributed by atoms with Crippen LogP contribution in [0.25, 0.3) is 11.1 Å². The van der Waals surface area contributed by atoms with Crippen molar-refractivity contribution in [1.29, 1.82) is 0 Å². The van der Waals surface area contributed by atoms with Crippen LogP contribution >= 0.6 is 0 Å². The third-order valence-corrected chi connectivity index (χ3v) is 7.26. The van der Waals surface area contributed by atoms with Crippen molar-refractivity contribution in [2.75, 3.05) is 47.8 Å². The molecule has 1 amide bonds. The molecule has 2 fully saturated rings. The third-order valence-electron chi connectivity index (χ3n) is 7.26. The van der Waals surface area contributed by atoms with E-state index in [1.807, 2.05) is 18.5 Å². The SMILES string of the molecule is O=C1Nc2cc(CN3CCN(c4ccc(-c5cccnc5)cc4)CC3)cnc2N2CCCCC12. The van der Waals surface area contributed by atoms with Gasteiger partial charge in [-0.05, 0) is 60.2 Å². The molecule has 7 heteroatoms. The van der Waals surface area contributed by atoms with E-state index >= 15 is 0 Å². The lowest BCUT2D eigenvalue weighted by Crippen LogP contribution is -2.51. The number of hydrogen-bond acceptors (Lipinski definition) is 6. The summed E-state index contributed by atoms with van der Waals surface area (Å²) in [7, 11) is 0. The zero-order chi connectivity index (χ0) is 22.9. The van der Waals surface area contributed by atoms with Crippen molar-refractivity contribution < 1.29 is 4.79 Å². The van der Waals surface area contributed by atoms with Crippen LogP contribution in [0.1, 0.15) is 24.8 Å². The van der Waals surface area contributed by atoms with Crippen LogP contribution in [0.5, 0.6) is 0 Å². The minimum absolute atomic E-state index is 0.0499. The zero-order valence-corrected chi connectivity index (χ0v) is 19.4. The molecule has 0 saturated carbocycles. The fourth-order valence-corrected chi connectivity index (χ4v) is 5.40. The van der Waals surface area contributed by atoms with Crippen LogP contribution in [-0.4, -0.2) is 59.5 Å². The van der Waals surface area contributed by atoms with Crippen molar-refractivity contribution in [2.24, 2.45) is 0 Å². The standard InChI is InChI=1S/C27H30N6O/c34-27-25-5-1-2-11-33(25)26-24(30-27)16-20(17-29-26)19-31-12-14-32(15-13-31)23-8-6-21(7-9-23)22-4-3-10-28-18-22/h3-4,6-10,16-18,25H,1-2,5,11-15,19H2,(H,30,34). The number of benzene rings is 1. The van der Waals surface area contributed by atoms with Gasteiger partial charge in [-0.3, -0.25) is 14.7 Å². The van der Waals surface area contributed by atoms with Crippen molar-refractivity contribution in [2.45, 2.75) is 31.8 Å². The molecular weight excluding hydrogens is 424 g/mol. The first-order valence-corrected chi connectivity index (χ1v) is 12.3.